The van der Waals surface area contributed by atoms with Crippen LogP contribution < -0.4 is 9.47 Å². The van der Waals surface area contributed by atoms with E-state index in [1.807, 2.05) is 30.3 Å². The molecule has 1 saturated heterocycles. The maximum atomic E-state index is 13.8. The van der Waals surface area contributed by atoms with Crippen LogP contribution in [0.15, 0.2) is 54.6 Å². The van der Waals surface area contributed by atoms with Gasteiger partial charge in [0, 0.05) is 34.6 Å². The molecule has 3 fully saturated rings. The molecule has 3 aromatic carbocycles. The van der Waals surface area contributed by atoms with Crippen molar-refractivity contribution in [1.82, 2.24) is 4.90 Å². The molecule has 0 radical (unpaired) electrons. The van der Waals surface area contributed by atoms with Crippen LogP contribution in [0, 0.1) is 5.92 Å². The van der Waals surface area contributed by atoms with Crippen molar-refractivity contribution in [2.75, 3.05) is 19.3 Å². The Morgan fingerprint density at radius 3 is 2.42 bits per heavy atom. The molecule has 2 saturated carbocycles. The first-order valence-electron chi connectivity index (χ1n) is 17.1. The second kappa shape index (κ2) is 12.6. The van der Waals surface area contributed by atoms with Gasteiger partial charge >= 0.3 is 19.5 Å². The van der Waals surface area contributed by atoms with Crippen LogP contribution >= 0.6 is 30.8 Å². The highest BCUT2D eigenvalue weighted by Crippen LogP contribution is 2.66. The number of aliphatic hydroxyl groups is 1. The maximum absolute atomic E-state index is 13.8. The summed E-state index contributed by atoms with van der Waals surface area (Å²) in [4.78, 5) is 47.5. The first-order valence-corrected chi connectivity index (χ1v) is 19.7. The number of ether oxygens (including phenoxy) is 3. The number of carbonyl (C=O) groups is 2. The zero-order valence-electron chi connectivity index (χ0n) is 27.2. The van der Waals surface area contributed by atoms with Gasteiger partial charge in [0.1, 0.15) is 18.4 Å². The predicted molar refractivity (Wildman–Crippen MR) is 185 cm³/mol. The minimum absolute atomic E-state index is 0.0000384. The summed E-state index contributed by atoms with van der Waals surface area (Å²) < 4.78 is 30.0. The van der Waals surface area contributed by atoms with Crippen molar-refractivity contribution in [3.8, 4) is 11.5 Å². The third-order valence-electron chi connectivity index (χ3n) is 11.4. The van der Waals surface area contributed by atoms with E-state index in [0.717, 1.165) is 40.9 Å². The van der Waals surface area contributed by atoms with Crippen LogP contribution in [0.3, 0.4) is 0 Å². The lowest BCUT2D eigenvalue weighted by molar-refractivity contribution is -0.216. The van der Waals surface area contributed by atoms with Crippen molar-refractivity contribution < 1.29 is 43.3 Å². The Labute approximate surface area is 299 Å². The number of benzene rings is 3. The highest BCUT2D eigenvalue weighted by atomic mass is 35.5. The van der Waals surface area contributed by atoms with Gasteiger partial charge in [-0.05, 0) is 91.4 Å². The molecule has 3 aromatic rings. The number of hydrogen-bond donors (Lipinski definition) is 3. The van der Waals surface area contributed by atoms with Crippen LogP contribution in [0.1, 0.15) is 59.9 Å². The summed E-state index contributed by atoms with van der Waals surface area (Å²) in [7, 11) is -4.67. The minimum Gasteiger partial charge on any atom is -0.481 e. The summed E-state index contributed by atoms with van der Waals surface area (Å²) in [6, 6.07) is 16.2. The summed E-state index contributed by atoms with van der Waals surface area (Å²) in [6.45, 7) is 1.65. The summed E-state index contributed by atoms with van der Waals surface area (Å²) in [6.07, 6.45) is 2.16. The van der Waals surface area contributed by atoms with E-state index in [1.54, 1.807) is 24.3 Å². The van der Waals surface area contributed by atoms with Crippen molar-refractivity contribution in [2.45, 2.75) is 80.6 Å². The van der Waals surface area contributed by atoms with E-state index >= 15 is 0 Å². The Bertz CT molecular complexity index is 1910. The molecule has 2 heterocycles. The molecule has 10 nitrogen and oxygen atoms in total. The van der Waals surface area contributed by atoms with Gasteiger partial charge in [0.05, 0.1) is 17.4 Å². The number of carbonyl (C=O) groups excluding carboxylic acids is 2. The van der Waals surface area contributed by atoms with Crippen molar-refractivity contribution in [2.24, 2.45) is 5.92 Å². The molecule has 13 heteroatoms. The molecule has 50 heavy (non-hydrogen) atoms. The van der Waals surface area contributed by atoms with E-state index in [1.165, 1.54) is 12.8 Å². The Hall–Kier alpha value is -2.95. The number of nitrogens with zero attached hydrogens (tertiary/aromatic N) is 1. The van der Waals surface area contributed by atoms with Crippen LogP contribution in [-0.2, 0) is 43.6 Å². The highest BCUT2D eigenvalue weighted by molar-refractivity contribution is 7.52. The molecule has 0 aromatic heterocycles. The van der Waals surface area contributed by atoms with Crippen LogP contribution in [0.4, 0.5) is 0 Å². The Morgan fingerprint density at radius 1 is 0.960 bits per heavy atom. The normalized spacial score (nSPS) is 28.1. The number of halogens is 2. The van der Waals surface area contributed by atoms with Gasteiger partial charge in [0.25, 0.3) is 0 Å². The first-order chi connectivity index (χ1) is 23.9. The minimum atomic E-state index is -4.67. The molecule has 3 N–H and O–H groups in total. The fraction of sp³-hybridized carbons (Fsp3) is 0.459. The van der Waals surface area contributed by atoms with E-state index in [2.05, 4.69) is 4.90 Å². The molecule has 1 unspecified atom stereocenters. The van der Waals surface area contributed by atoms with Gasteiger partial charge in [-0.1, -0.05) is 59.6 Å². The quantitative estimate of drug-likeness (QED) is 0.141. The standard InChI is InChI=1S/C37H38Cl2NO9P/c38-26-6-3-7-27(39)25(26)16-22-4-1-2-5-23(22)18-31(41)48-29-12-13-37(43)30-17-24-10-11-28(47-32(42)20-50(44,45)46)34-33(24)36(37,35(29)49-34)14-15-40(30)19-21-8-9-21/h1-7,10-11,21,29-30,35,43H,8-9,12-20H2,(H2,44,45,46)/t29-,30-,35?,36+,37-/m1/s1. The van der Waals surface area contributed by atoms with E-state index in [0.29, 0.717) is 48.1 Å². The fourth-order valence-corrected chi connectivity index (χ4v) is 10.0. The third-order valence-corrected chi connectivity index (χ3v) is 12.8. The van der Waals surface area contributed by atoms with Gasteiger partial charge in [0.2, 0.25) is 0 Å². The number of esters is 2. The Balaban J connectivity index is 1.10. The molecule has 1 spiro atoms. The number of rotatable bonds is 10. The maximum Gasteiger partial charge on any atom is 0.336 e. The summed E-state index contributed by atoms with van der Waals surface area (Å²) in [5.41, 5.74) is 2.03. The lowest BCUT2D eigenvalue weighted by atomic mass is 9.48. The van der Waals surface area contributed by atoms with E-state index < -0.39 is 48.9 Å². The fourth-order valence-electron chi connectivity index (χ4n) is 9.11. The average Bonchev–Trinajstić information content (AvgIpc) is 3.79. The third kappa shape index (κ3) is 5.87. The molecule has 8 rings (SSSR count). The zero-order chi connectivity index (χ0) is 35.0. The topological polar surface area (TPSA) is 143 Å². The molecule has 0 amide bonds. The van der Waals surface area contributed by atoms with E-state index in [4.69, 9.17) is 37.4 Å². The van der Waals surface area contributed by atoms with Crippen LogP contribution in [-0.4, -0.2) is 74.8 Å². The van der Waals surface area contributed by atoms with E-state index in [9.17, 15) is 29.0 Å². The molecule has 5 atom stereocenters. The first kappa shape index (κ1) is 34.2. The van der Waals surface area contributed by atoms with E-state index in [-0.39, 0.29) is 24.0 Å². The lowest BCUT2D eigenvalue weighted by Gasteiger charge is -2.64. The number of piperidine rings is 1. The zero-order valence-corrected chi connectivity index (χ0v) is 29.6. The number of likely N-dealkylation sites (tertiary alicyclic amines) is 1. The van der Waals surface area contributed by atoms with Crippen LogP contribution in [0.5, 0.6) is 11.5 Å². The van der Waals surface area contributed by atoms with Crippen molar-refractivity contribution in [1.29, 1.82) is 0 Å². The molecular formula is C37H38Cl2NO9P. The average molecular weight is 743 g/mol. The Morgan fingerprint density at radius 2 is 1.70 bits per heavy atom. The summed E-state index contributed by atoms with van der Waals surface area (Å²) in [5.74, 6) is -0.604. The van der Waals surface area contributed by atoms with Crippen molar-refractivity contribution in [3.05, 3.63) is 92.5 Å². The predicted octanol–water partition coefficient (Wildman–Crippen LogP) is 5.39. The molecule has 3 aliphatic carbocycles. The number of hydrogen-bond acceptors (Lipinski definition) is 8. The van der Waals surface area contributed by atoms with Crippen molar-refractivity contribution in [3.63, 3.8) is 0 Å². The van der Waals surface area contributed by atoms with Gasteiger partial charge in [-0.3, -0.25) is 19.1 Å². The van der Waals surface area contributed by atoms with Gasteiger partial charge < -0.3 is 29.1 Å². The Kier molecular flexibility index (Phi) is 8.62. The lowest BCUT2D eigenvalue weighted by Crippen LogP contribution is -2.77. The van der Waals surface area contributed by atoms with Gasteiger partial charge in [-0.15, -0.1) is 0 Å². The van der Waals surface area contributed by atoms with Crippen LogP contribution in [0.25, 0.3) is 0 Å². The summed E-state index contributed by atoms with van der Waals surface area (Å²) in [5, 5.41) is 13.9. The molecular weight excluding hydrogens is 704 g/mol. The SMILES string of the molecule is O=C(CP(=O)(O)O)Oc1ccc2c3c1OC1[C@H](OC(=O)Cc4ccccc4Cc4c(Cl)cccc4Cl)CC[C@@]4(O)[C@@H](C2)N(CC2CC2)CC[C@]314. The largest absolute Gasteiger partial charge is 0.481 e. The second-order valence-electron chi connectivity index (χ2n) is 14.5. The molecule has 5 aliphatic rings. The van der Waals surface area contributed by atoms with Crippen molar-refractivity contribution >= 4 is 42.7 Å². The highest BCUT2D eigenvalue weighted by Gasteiger charge is 2.73. The molecule has 264 valence electrons. The van der Waals surface area contributed by atoms with Gasteiger partial charge in [-0.2, -0.15) is 0 Å². The monoisotopic (exact) mass is 741 g/mol. The summed E-state index contributed by atoms with van der Waals surface area (Å²) >= 11 is 12.9. The smallest absolute Gasteiger partial charge is 0.336 e. The second-order valence-corrected chi connectivity index (χ2v) is 16.9. The molecule has 2 aliphatic heterocycles. The van der Waals surface area contributed by atoms with Gasteiger partial charge in [-0.25, -0.2) is 0 Å². The molecule has 2 bridgehead atoms. The van der Waals surface area contributed by atoms with Crippen LogP contribution in [0.2, 0.25) is 10.0 Å². The van der Waals surface area contributed by atoms with Gasteiger partial charge in [0.15, 0.2) is 11.5 Å².